The van der Waals surface area contributed by atoms with Gasteiger partial charge in [0.1, 0.15) is 5.75 Å². The average molecular weight is 229 g/mol. The lowest BCUT2D eigenvalue weighted by molar-refractivity contribution is 0.419. The molecular formula is C15H19NO. The summed E-state index contributed by atoms with van der Waals surface area (Å²) < 4.78 is 5.44. The van der Waals surface area contributed by atoms with Crippen LogP contribution in [0.2, 0.25) is 0 Å². The van der Waals surface area contributed by atoms with E-state index in [0.29, 0.717) is 0 Å². The Kier molecular flexibility index (Phi) is 2.82. The van der Waals surface area contributed by atoms with Gasteiger partial charge in [0.25, 0.3) is 0 Å². The Morgan fingerprint density at radius 3 is 2.47 bits per heavy atom. The molecular weight excluding hydrogens is 210 g/mol. The van der Waals surface area contributed by atoms with Gasteiger partial charge in [-0.25, -0.2) is 0 Å². The van der Waals surface area contributed by atoms with Crippen LogP contribution in [0.4, 0.5) is 0 Å². The van der Waals surface area contributed by atoms with Gasteiger partial charge in [-0.3, -0.25) is 4.98 Å². The van der Waals surface area contributed by atoms with Crippen LogP contribution in [0.25, 0.3) is 10.9 Å². The maximum atomic E-state index is 5.44. The first-order chi connectivity index (χ1) is 7.93. The molecule has 0 radical (unpaired) electrons. The largest absolute Gasteiger partial charge is 0.496 e. The fourth-order valence-corrected chi connectivity index (χ4v) is 2.11. The van der Waals surface area contributed by atoms with E-state index in [1.807, 2.05) is 13.0 Å². The highest BCUT2D eigenvalue weighted by Gasteiger charge is 2.18. The van der Waals surface area contributed by atoms with Crippen LogP contribution in [0, 0.1) is 6.92 Å². The molecule has 0 fully saturated rings. The lowest BCUT2D eigenvalue weighted by Gasteiger charge is -2.21. The molecule has 17 heavy (non-hydrogen) atoms. The molecule has 0 unspecified atom stereocenters. The number of fused-ring (bicyclic) bond motifs is 1. The molecule has 0 saturated heterocycles. The number of aromatic nitrogens is 1. The molecule has 1 heterocycles. The number of benzene rings is 1. The predicted octanol–water partition coefficient (Wildman–Crippen LogP) is 3.85. The average Bonchev–Trinajstić information content (AvgIpc) is 2.25. The predicted molar refractivity (Wildman–Crippen MR) is 71.7 cm³/mol. The molecule has 0 saturated carbocycles. The number of para-hydroxylation sites is 1. The van der Waals surface area contributed by atoms with Gasteiger partial charge >= 0.3 is 0 Å². The summed E-state index contributed by atoms with van der Waals surface area (Å²) in [6.45, 7) is 8.62. The third-order valence-electron chi connectivity index (χ3n) is 2.96. The minimum absolute atomic E-state index is 0.0886. The first-order valence-electron chi connectivity index (χ1n) is 5.88. The Bertz CT molecular complexity index is 553. The van der Waals surface area contributed by atoms with Gasteiger partial charge < -0.3 is 4.74 Å². The van der Waals surface area contributed by atoms with Crippen molar-refractivity contribution < 1.29 is 4.74 Å². The maximum Gasteiger partial charge on any atom is 0.130 e. The van der Waals surface area contributed by atoms with Gasteiger partial charge in [-0.15, -0.1) is 0 Å². The fourth-order valence-electron chi connectivity index (χ4n) is 2.11. The van der Waals surface area contributed by atoms with Gasteiger partial charge in [-0.05, 0) is 24.0 Å². The van der Waals surface area contributed by atoms with Crippen molar-refractivity contribution in [3.63, 3.8) is 0 Å². The highest BCUT2D eigenvalue weighted by Crippen LogP contribution is 2.33. The van der Waals surface area contributed by atoms with Gasteiger partial charge in [0, 0.05) is 17.1 Å². The summed E-state index contributed by atoms with van der Waals surface area (Å²) >= 11 is 0. The lowest BCUT2D eigenvalue weighted by atomic mass is 9.85. The van der Waals surface area contributed by atoms with Crippen LogP contribution in [-0.4, -0.2) is 12.1 Å². The number of nitrogens with zero attached hydrogens (tertiary/aromatic N) is 1. The summed E-state index contributed by atoms with van der Waals surface area (Å²) in [6.07, 6.45) is 0. The summed E-state index contributed by atoms with van der Waals surface area (Å²) in [5, 5.41) is 1.09. The number of hydrogen-bond donors (Lipinski definition) is 0. The first-order valence-corrected chi connectivity index (χ1v) is 5.88. The van der Waals surface area contributed by atoms with E-state index in [1.165, 1.54) is 5.56 Å². The molecule has 0 aliphatic carbocycles. The molecule has 90 valence electrons. The van der Waals surface area contributed by atoms with Crippen molar-refractivity contribution in [2.75, 3.05) is 7.11 Å². The second-order valence-corrected chi connectivity index (χ2v) is 5.42. The summed E-state index contributed by atoms with van der Waals surface area (Å²) in [7, 11) is 1.71. The molecule has 0 amide bonds. The highest BCUT2D eigenvalue weighted by atomic mass is 16.5. The number of hydrogen-bond acceptors (Lipinski definition) is 2. The number of aryl methyl sites for hydroxylation is 1. The lowest BCUT2D eigenvalue weighted by Crippen LogP contribution is -2.12. The first kappa shape index (κ1) is 11.9. The SMILES string of the molecule is COc1cc(C)nc2c(C(C)(C)C)cccc12. The molecule has 0 spiro atoms. The van der Waals surface area contributed by atoms with E-state index in [2.05, 4.69) is 44.0 Å². The zero-order valence-electron chi connectivity index (χ0n) is 11.2. The second-order valence-electron chi connectivity index (χ2n) is 5.42. The third-order valence-corrected chi connectivity index (χ3v) is 2.96. The van der Waals surface area contributed by atoms with Crippen molar-refractivity contribution in [1.82, 2.24) is 4.98 Å². The smallest absolute Gasteiger partial charge is 0.130 e. The third kappa shape index (κ3) is 2.12. The van der Waals surface area contributed by atoms with Gasteiger partial charge in [0.2, 0.25) is 0 Å². The Hall–Kier alpha value is -1.57. The summed E-state index contributed by atoms with van der Waals surface area (Å²) in [6, 6.07) is 8.27. The van der Waals surface area contributed by atoms with E-state index in [-0.39, 0.29) is 5.41 Å². The Morgan fingerprint density at radius 1 is 1.18 bits per heavy atom. The zero-order valence-corrected chi connectivity index (χ0v) is 11.2. The van der Waals surface area contributed by atoms with Crippen molar-refractivity contribution in [2.24, 2.45) is 0 Å². The van der Waals surface area contributed by atoms with Crippen molar-refractivity contribution in [2.45, 2.75) is 33.1 Å². The van der Waals surface area contributed by atoms with Crippen LogP contribution in [0.5, 0.6) is 5.75 Å². The Balaban J connectivity index is 2.85. The van der Waals surface area contributed by atoms with Crippen LogP contribution >= 0.6 is 0 Å². The second kappa shape index (κ2) is 4.02. The number of rotatable bonds is 1. The molecule has 2 aromatic rings. The minimum Gasteiger partial charge on any atom is -0.496 e. The number of ether oxygens (including phenoxy) is 1. The van der Waals surface area contributed by atoms with Gasteiger partial charge in [-0.1, -0.05) is 32.9 Å². The molecule has 2 nitrogen and oxygen atoms in total. The van der Waals surface area contributed by atoms with Gasteiger partial charge in [0.15, 0.2) is 0 Å². The normalized spacial score (nSPS) is 11.8. The summed E-state index contributed by atoms with van der Waals surface area (Å²) in [5.74, 6) is 0.901. The van der Waals surface area contributed by atoms with Gasteiger partial charge in [0.05, 0.1) is 12.6 Å². The monoisotopic (exact) mass is 229 g/mol. The van der Waals surface area contributed by atoms with Crippen LogP contribution in [0.1, 0.15) is 32.0 Å². The van der Waals surface area contributed by atoms with Crippen LogP contribution in [0.15, 0.2) is 24.3 Å². The number of pyridine rings is 1. The zero-order chi connectivity index (χ0) is 12.6. The molecule has 0 aliphatic heterocycles. The molecule has 2 heteroatoms. The van der Waals surface area contributed by atoms with E-state index >= 15 is 0 Å². The van der Waals surface area contributed by atoms with Crippen LogP contribution < -0.4 is 4.74 Å². The summed E-state index contributed by atoms with van der Waals surface area (Å²) in [5.41, 5.74) is 3.39. The van der Waals surface area contributed by atoms with Crippen molar-refractivity contribution in [3.8, 4) is 5.75 Å². The fraction of sp³-hybridized carbons (Fsp3) is 0.400. The molecule has 0 aliphatic rings. The molecule has 1 aromatic heterocycles. The standard InChI is InChI=1S/C15H19NO/c1-10-9-13(17-5)11-7-6-8-12(14(11)16-10)15(2,3)4/h6-9H,1-5H3. The van der Waals surface area contributed by atoms with E-state index in [9.17, 15) is 0 Å². The quantitative estimate of drug-likeness (QED) is 0.741. The van der Waals surface area contributed by atoms with E-state index < -0.39 is 0 Å². The minimum atomic E-state index is 0.0886. The Labute approximate surface area is 103 Å². The summed E-state index contributed by atoms with van der Waals surface area (Å²) in [4.78, 5) is 4.67. The van der Waals surface area contributed by atoms with E-state index in [4.69, 9.17) is 4.74 Å². The molecule has 2 rings (SSSR count). The molecule has 0 N–H and O–H groups in total. The maximum absolute atomic E-state index is 5.44. The highest BCUT2D eigenvalue weighted by molar-refractivity contribution is 5.88. The molecule has 0 bridgehead atoms. The van der Waals surface area contributed by atoms with Crippen molar-refractivity contribution in [1.29, 1.82) is 0 Å². The van der Waals surface area contributed by atoms with Crippen molar-refractivity contribution >= 4 is 10.9 Å². The van der Waals surface area contributed by atoms with E-state index in [0.717, 1.165) is 22.3 Å². The number of methoxy groups -OCH3 is 1. The molecule has 0 atom stereocenters. The van der Waals surface area contributed by atoms with Crippen LogP contribution in [0.3, 0.4) is 0 Å². The Morgan fingerprint density at radius 2 is 1.88 bits per heavy atom. The molecule has 1 aromatic carbocycles. The topological polar surface area (TPSA) is 22.1 Å². The van der Waals surface area contributed by atoms with Crippen molar-refractivity contribution in [3.05, 3.63) is 35.5 Å². The van der Waals surface area contributed by atoms with Crippen LogP contribution in [-0.2, 0) is 5.41 Å². The van der Waals surface area contributed by atoms with E-state index in [1.54, 1.807) is 7.11 Å². The van der Waals surface area contributed by atoms with Gasteiger partial charge in [-0.2, -0.15) is 0 Å².